The highest BCUT2D eigenvalue weighted by atomic mass is 16.3. The second-order valence-electron chi connectivity index (χ2n) is 5.18. The number of phenolic OH excluding ortho intramolecular Hbond substituents is 1. The Bertz CT molecular complexity index is 475. The maximum atomic E-state index is 9.31. The summed E-state index contributed by atoms with van der Waals surface area (Å²) in [6, 6.07) is 5.26. The van der Waals surface area contributed by atoms with Gasteiger partial charge in [0.05, 0.1) is 6.26 Å². The van der Waals surface area contributed by atoms with Crippen LogP contribution in [-0.2, 0) is 6.42 Å². The Morgan fingerprint density at radius 1 is 1.27 bits per heavy atom. The van der Waals surface area contributed by atoms with Gasteiger partial charge in [-0.05, 0) is 29.5 Å². The average molecular weight is 204 g/mol. The van der Waals surface area contributed by atoms with Crippen LogP contribution in [0.5, 0.6) is 5.75 Å². The molecule has 0 saturated carbocycles. The molecular weight excluding hydrogens is 188 g/mol. The Hall–Kier alpha value is -1.44. The highest BCUT2D eigenvalue weighted by molar-refractivity contribution is 5.82. The fourth-order valence-corrected chi connectivity index (χ4v) is 1.78. The molecule has 0 spiro atoms. The first-order valence-corrected chi connectivity index (χ1v) is 5.15. The number of hydrogen-bond donors (Lipinski definition) is 1. The van der Waals surface area contributed by atoms with E-state index in [0.29, 0.717) is 0 Å². The second-order valence-corrected chi connectivity index (χ2v) is 5.18. The van der Waals surface area contributed by atoms with E-state index < -0.39 is 0 Å². The minimum Gasteiger partial charge on any atom is -0.508 e. The standard InChI is InChI=1S/C13H16O2/c1-13(2,3)7-9-8-15-12-6-10(14)4-5-11(9)12/h4-6,8,14H,7H2,1-3H3. The average Bonchev–Trinajstić information content (AvgIpc) is 2.45. The Labute approximate surface area is 89.5 Å². The summed E-state index contributed by atoms with van der Waals surface area (Å²) in [6.45, 7) is 6.60. The molecule has 1 N–H and O–H groups in total. The van der Waals surface area contributed by atoms with E-state index in [1.54, 1.807) is 18.4 Å². The van der Waals surface area contributed by atoms with E-state index in [1.807, 2.05) is 6.07 Å². The van der Waals surface area contributed by atoms with E-state index in [4.69, 9.17) is 4.42 Å². The maximum Gasteiger partial charge on any atom is 0.137 e. The predicted molar refractivity (Wildman–Crippen MR) is 61.0 cm³/mol. The summed E-state index contributed by atoms with van der Waals surface area (Å²) in [4.78, 5) is 0. The third-order valence-corrected chi connectivity index (χ3v) is 2.36. The summed E-state index contributed by atoms with van der Waals surface area (Å²) in [5.74, 6) is 0.249. The Kier molecular flexibility index (Phi) is 2.22. The summed E-state index contributed by atoms with van der Waals surface area (Å²) in [7, 11) is 0. The van der Waals surface area contributed by atoms with E-state index in [9.17, 15) is 5.11 Å². The molecule has 0 amide bonds. The van der Waals surface area contributed by atoms with Crippen LogP contribution in [0.25, 0.3) is 11.0 Å². The van der Waals surface area contributed by atoms with Crippen molar-refractivity contribution in [2.75, 3.05) is 0 Å². The molecule has 0 radical (unpaired) electrons. The molecule has 2 rings (SSSR count). The van der Waals surface area contributed by atoms with Crippen LogP contribution in [0.3, 0.4) is 0 Å². The van der Waals surface area contributed by atoms with Crippen LogP contribution in [0.4, 0.5) is 0 Å². The lowest BCUT2D eigenvalue weighted by atomic mass is 9.88. The van der Waals surface area contributed by atoms with Gasteiger partial charge in [0.1, 0.15) is 11.3 Å². The first-order valence-electron chi connectivity index (χ1n) is 5.15. The minimum atomic E-state index is 0.245. The molecule has 0 aliphatic carbocycles. The van der Waals surface area contributed by atoms with Crippen molar-refractivity contribution < 1.29 is 9.52 Å². The van der Waals surface area contributed by atoms with Crippen LogP contribution >= 0.6 is 0 Å². The molecule has 0 unspecified atom stereocenters. The summed E-state index contributed by atoms with van der Waals surface area (Å²) in [5.41, 5.74) is 2.21. The van der Waals surface area contributed by atoms with Gasteiger partial charge in [0.15, 0.2) is 0 Å². The maximum absolute atomic E-state index is 9.31. The number of benzene rings is 1. The summed E-state index contributed by atoms with van der Waals surface area (Å²) < 4.78 is 5.42. The third-order valence-electron chi connectivity index (χ3n) is 2.36. The van der Waals surface area contributed by atoms with E-state index in [-0.39, 0.29) is 11.2 Å². The second kappa shape index (κ2) is 3.30. The van der Waals surface area contributed by atoms with Gasteiger partial charge in [0, 0.05) is 11.5 Å². The van der Waals surface area contributed by atoms with Gasteiger partial charge in [-0.3, -0.25) is 0 Å². The Morgan fingerprint density at radius 2 is 2.00 bits per heavy atom. The number of aromatic hydroxyl groups is 1. The van der Waals surface area contributed by atoms with Crippen LogP contribution < -0.4 is 0 Å². The molecule has 0 atom stereocenters. The molecule has 15 heavy (non-hydrogen) atoms. The summed E-state index contributed by atoms with van der Waals surface area (Å²) in [6.07, 6.45) is 2.76. The molecule has 0 fully saturated rings. The van der Waals surface area contributed by atoms with Crippen molar-refractivity contribution in [2.45, 2.75) is 27.2 Å². The topological polar surface area (TPSA) is 33.4 Å². The van der Waals surface area contributed by atoms with Crippen molar-refractivity contribution in [1.82, 2.24) is 0 Å². The number of furan rings is 1. The molecule has 2 aromatic rings. The van der Waals surface area contributed by atoms with Gasteiger partial charge in [-0.25, -0.2) is 0 Å². The van der Waals surface area contributed by atoms with Gasteiger partial charge in [0.25, 0.3) is 0 Å². The van der Waals surface area contributed by atoms with Gasteiger partial charge in [-0.1, -0.05) is 20.8 Å². The fourth-order valence-electron chi connectivity index (χ4n) is 1.78. The lowest BCUT2D eigenvalue weighted by Gasteiger charge is -2.16. The Balaban J connectivity index is 2.45. The molecule has 2 heteroatoms. The van der Waals surface area contributed by atoms with Crippen molar-refractivity contribution in [3.63, 3.8) is 0 Å². The van der Waals surface area contributed by atoms with Gasteiger partial charge < -0.3 is 9.52 Å². The van der Waals surface area contributed by atoms with Crippen LogP contribution in [0, 0.1) is 5.41 Å². The lowest BCUT2D eigenvalue weighted by molar-refractivity contribution is 0.410. The molecule has 80 valence electrons. The zero-order valence-corrected chi connectivity index (χ0v) is 9.37. The van der Waals surface area contributed by atoms with Crippen molar-refractivity contribution in [3.8, 4) is 5.75 Å². The van der Waals surface area contributed by atoms with Crippen molar-refractivity contribution in [1.29, 1.82) is 0 Å². The molecule has 0 bridgehead atoms. The van der Waals surface area contributed by atoms with Crippen LogP contribution in [0.15, 0.2) is 28.9 Å². The molecule has 1 heterocycles. The zero-order chi connectivity index (χ0) is 11.1. The molecular formula is C13H16O2. The molecule has 1 aromatic heterocycles. The largest absolute Gasteiger partial charge is 0.508 e. The molecule has 0 aliphatic heterocycles. The minimum absolute atomic E-state index is 0.245. The molecule has 2 nitrogen and oxygen atoms in total. The SMILES string of the molecule is CC(C)(C)Cc1coc2cc(O)ccc12. The van der Waals surface area contributed by atoms with E-state index in [2.05, 4.69) is 20.8 Å². The third kappa shape index (κ3) is 2.14. The van der Waals surface area contributed by atoms with E-state index in [1.165, 1.54) is 5.56 Å². The van der Waals surface area contributed by atoms with E-state index in [0.717, 1.165) is 17.4 Å². The first-order chi connectivity index (χ1) is 6.96. The number of rotatable bonds is 1. The van der Waals surface area contributed by atoms with Gasteiger partial charge in [-0.2, -0.15) is 0 Å². The first kappa shape index (κ1) is 10.1. The molecule has 0 aliphatic rings. The lowest BCUT2D eigenvalue weighted by Crippen LogP contribution is -2.08. The number of hydrogen-bond acceptors (Lipinski definition) is 2. The van der Waals surface area contributed by atoms with Gasteiger partial charge >= 0.3 is 0 Å². The normalized spacial score (nSPS) is 12.2. The summed E-state index contributed by atoms with van der Waals surface area (Å²) >= 11 is 0. The van der Waals surface area contributed by atoms with Crippen molar-refractivity contribution in [3.05, 3.63) is 30.0 Å². The number of fused-ring (bicyclic) bond motifs is 1. The van der Waals surface area contributed by atoms with Crippen LogP contribution in [0.2, 0.25) is 0 Å². The highest BCUT2D eigenvalue weighted by Crippen LogP contribution is 2.29. The quantitative estimate of drug-likeness (QED) is 0.767. The van der Waals surface area contributed by atoms with Crippen LogP contribution in [-0.4, -0.2) is 5.11 Å². The van der Waals surface area contributed by atoms with Crippen molar-refractivity contribution >= 4 is 11.0 Å². The highest BCUT2D eigenvalue weighted by Gasteiger charge is 2.15. The summed E-state index contributed by atoms with van der Waals surface area (Å²) in [5, 5.41) is 10.4. The van der Waals surface area contributed by atoms with Crippen LogP contribution in [0.1, 0.15) is 26.3 Å². The van der Waals surface area contributed by atoms with E-state index >= 15 is 0 Å². The Morgan fingerprint density at radius 3 is 2.67 bits per heavy atom. The van der Waals surface area contributed by atoms with Gasteiger partial charge in [0.2, 0.25) is 0 Å². The van der Waals surface area contributed by atoms with Gasteiger partial charge in [-0.15, -0.1) is 0 Å². The zero-order valence-electron chi connectivity index (χ0n) is 9.37. The number of phenols is 1. The fraction of sp³-hybridized carbons (Fsp3) is 0.385. The molecule has 0 saturated heterocycles. The molecule has 1 aromatic carbocycles. The predicted octanol–water partition coefficient (Wildman–Crippen LogP) is 3.73. The monoisotopic (exact) mass is 204 g/mol. The smallest absolute Gasteiger partial charge is 0.137 e. The van der Waals surface area contributed by atoms with Crippen molar-refractivity contribution in [2.24, 2.45) is 5.41 Å².